The van der Waals surface area contributed by atoms with Crippen LogP contribution >= 0.6 is 11.6 Å². The highest BCUT2D eigenvalue weighted by molar-refractivity contribution is 6.31. The van der Waals surface area contributed by atoms with Crippen molar-refractivity contribution in [3.63, 3.8) is 0 Å². The molecule has 82 valence electrons. The summed E-state index contributed by atoms with van der Waals surface area (Å²) >= 11 is 5.82. The third-order valence-electron chi connectivity index (χ3n) is 1.85. The summed E-state index contributed by atoms with van der Waals surface area (Å²) in [6.07, 6.45) is 1.57. The molecule has 0 aromatic heterocycles. The van der Waals surface area contributed by atoms with Crippen molar-refractivity contribution >= 4 is 17.9 Å². The summed E-state index contributed by atoms with van der Waals surface area (Å²) in [5.41, 5.74) is 0.410. The van der Waals surface area contributed by atoms with E-state index < -0.39 is 0 Å². The van der Waals surface area contributed by atoms with Gasteiger partial charge in [-0.05, 0) is 12.5 Å². The van der Waals surface area contributed by atoms with E-state index in [0.717, 1.165) is 6.42 Å². The number of aldehydes is 1. The van der Waals surface area contributed by atoms with Crippen molar-refractivity contribution in [2.75, 3.05) is 13.7 Å². The lowest BCUT2D eigenvalue weighted by Gasteiger charge is -2.12. The molecule has 0 spiro atoms. The Labute approximate surface area is 93.9 Å². The van der Waals surface area contributed by atoms with Gasteiger partial charge in [0.15, 0.2) is 17.8 Å². The fourth-order valence-electron chi connectivity index (χ4n) is 1.19. The molecule has 0 atom stereocenters. The summed E-state index contributed by atoms with van der Waals surface area (Å²) < 4.78 is 10.5. The van der Waals surface area contributed by atoms with Gasteiger partial charge in [-0.1, -0.05) is 18.5 Å². The first-order chi connectivity index (χ1) is 7.22. The molecule has 0 bridgehead atoms. The molecule has 3 nitrogen and oxygen atoms in total. The van der Waals surface area contributed by atoms with Crippen molar-refractivity contribution in [1.82, 2.24) is 0 Å². The summed E-state index contributed by atoms with van der Waals surface area (Å²) in [5.74, 6) is 0.941. The number of rotatable bonds is 5. The van der Waals surface area contributed by atoms with E-state index in [4.69, 9.17) is 21.1 Å². The maximum absolute atomic E-state index is 10.8. The largest absolute Gasteiger partial charge is 0.493 e. The minimum Gasteiger partial charge on any atom is -0.493 e. The third-order valence-corrected chi connectivity index (χ3v) is 2.06. The Balaban J connectivity index is 3.12. The molecule has 0 aliphatic heterocycles. The Morgan fingerprint density at radius 2 is 2.20 bits per heavy atom. The van der Waals surface area contributed by atoms with E-state index in [9.17, 15) is 4.79 Å². The lowest BCUT2D eigenvalue weighted by atomic mass is 10.2. The molecule has 0 amide bonds. The van der Waals surface area contributed by atoms with Crippen LogP contribution in [0.25, 0.3) is 0 Å². The molecule has 0 unspecified atom stereocenters. The van der Waals surface area contributed by atoms with Gasteiger partial charge in [-0.15, -0.1) is 0 Å². The smallest absolute Gasteiger partial charge is 0.171 e. The second-order valence-corrected chi connectivity index (χ2v) is 3.43. The lowest BCUT2D eigenvalue weighted by molar-refractivity contribution is 0.111. The molecule has 4 heteroatoms. The maximum atomic E-state index is 10.8. The fourth-order valence-corrected chi connectivity index (χ4v) is 1.40. The van der Waals surface area contributed by atoms with Crippen LogP contribution in [-0.4, -0.2) is 20.0 Å². The Bertz CT molecular complexity index is 350. The number of carbonyl (C=O) groups excluding carboxylic acids is 1. The van der Waals surface area contributed by atoms with E-state index in [1.165, 1.54) is 7.11 Å². The van der Waals surface area contributed by atoms with Gasteiger partial charge in [-0.3, -0.25) is 4.79 Å². The second kappa shape index (κ2) is 5.61. The van der Waals surface area contributed by atoms with Gasteiger partial charge >= 0.3 is 0 Å². The predicted octanol–water partition coefficient (Wildman–Crippen LogP) is 2.95. The van der Waals surface area contributed by atoms with Crippen LogP contribution in [0.5, 0.6) is 11.5 Å². The van der Waals surface area contributed by atoms with Gasteiger partial charge in [0.05, 0.1) is 19.3 Å². The summed E-state index contributed by atoms with van der Waals surface area (Å²) in [6, 6.07) is 3.18. The van der Waals surface area contributed by atoms with Gasteiger partial charge in [0.1, 0.15) is 0 Å². The van der Waals surface area contributed by atoms with Crippen molar-refractivity contribution in [2.45, 2.75) is 13.3 Å². The molecule has 0 saturated carbocycles. The van der Waals surface area contributed by atoms with E-state index in [-0.39, 0.29) is 0 Å². The van der Waals surface area contributed by atoms with Crippen molar-refractivity contribution in [2.24, 2.45) is 0 Å². The average Bonchev–Trinajstić information content (AvgIpc) is 2.26. The van der Waals surface area contributed by atoms with Crippen molar-refractivity contribution < 1.29 is 14.3 Å². The second-order valence-electron chi connectivity index (χ2n) is 2.99. The van der Waals surface area contributed by atoms with Gasteiger partial charge in [0.2, 0.25) is 0 Å². The normalized spacial score (nSPS) is 9.80. The number of hydrogen-bond acceptors (Lipinski definition) is 3. The zero-order chi connectivity index (χ0) is 11.3. The topological polar surface area (TPSA) is 35.5 Å². The first-order valence-electron chi connectivity index (χ1n) is 4.68. The Morgan fingerprint density at radius 1 is 1.47 bits per heavy atom. The molecule has 0 aliphatic rings. The van der Waals surface area contributed by atoms with Crippen LogP contribution in [0.2, 0.25) is 5.02 Å². The van der Waals surface area contributed by atoms with E-state index in [2.05, 4.69) is 0 Å². The first kappa shape index (κ1) is 11.9. The standard InChI is InChI=1S/C11H13ClO3/c1-3-4-15-11-8(7-13)5-9(12)6-10(11)14-2/h5-7H,3-4H2,1-2H3. The number of halogens is 1. The van der Waals surface area contributed by atoms with Crippen LogP contribution in [0.1, 0.15) is 23.7 Å². The summed E-state index contributed by atoms with van der Waals surface area (Å²) in [6.45, 7) is 2.53. The number of methoxy groups -OCH3 is 1. The number of carbonyl (C=O) groups is 1. The van der Waals surface area contributed by atoms with Crippen LogP contribution in [0.4, 0.5) is 0 Å². The molecule has 0 saturated heterocycles. The van der Waals surface area contributed by atoms with Crippen LogP contribution < -0.4 is 9.47 Å². The van der Waals surface area contributed by atoms with Crippen LogP contribution in [-0.2, 0) is 0 Å². The Kier molecular flexibility index (Phi) is 4.43. The minimum absolute atomic E-state index is 0.410. The van der Waals surface area contributed by atoms with Gasteiger partial charge in [0, 0.05) is 11.1 Å². The van der Waals surface area contributed by atoms with Gasteiger partial charge in [-0.2, -0.15) is 0 Å². The zero-order valence-electron chi connectivity index (χ0n) is 8.75. The van der Waals surface area contributed by atoms with Crippen LogP contribution in [0, 0.1) is 0 Å². The van der Waals surface area contributed by atoms with Gasteiger partial charge in [0.25, 0.3) is 0 Å². The fraction of sp³-hybridized carbons (Fsp3) is 0.364. The maximum Gasteiger partial charge on any atom is 0.171 e. The highest BCUT2D eigenvalue weighted by Crippen LogP contribution is 2.33. The Hall–Kier alpha value is -1.22. The predicted molar refractivity (Wildman–Crippen MR) is 59.2 cm³/mol. The first-order valence-corrected chi connectivity index (χ1v) is 5.06. The molecule has 0 radical (unpaired) electrons. The molecular weight excluding hydrogens is 216 g/mol. The summed E-state index contributed by atoms with van der Waals surface area (Å²) in [5, 5.41) is 0.456. The van der Waals surface area contributed by atoms with E-state index >= 15 is 0 Å². The van der Waals surface area contributed by atoms with Gasteiger partial charge < -0.3 is 9.47 Å². The summed E-state index contributed by atoms with van der Waals surface area (Å²) in [4.78, 5) is 10.8. The van der Waals surface area contributed by atoms with Crippen LogP contribution in [0.3, 0.4) is 0 Å². The highest BCUT2D eigenvalue weighted by atomic mass is 35.5. The molecule has 15 heavy (non-hydrogen) atoms. The minimum atomic E-state index is 0.410. The van der Waals surface area contributed by atoms with Crippen molar-refractivity contribution in [3.05, 3.63) is 22.7 Å². The highest BCUT2D eigenvalue weighted by Gasteiger charge is 2.11. The van der Waals surface area contributed by atoms with Gasteiger partial charge in [-0.25, -0.2) is 0 Å². The lowest BCUT2D eigenvalue weighted by Crippen LogP contribution is -2.01. The molecule has 0 aliphatic carbocycles. The van der Waals surface area contributed by atoms with Crippen molar-refractivity contribution in [3.8, 4) is 11.5 Å². The summed E-state index contributed by atoms with van der Waals surface area (Å²) in [7, 11) is 1.51. The van der Waals surface area contributed by atoms with Crippen LogP contribution in [0.15, 0.2) is 12.1 Å². The van der Waals surface area contributed by atoms with Crippen molar-refractivity contribution in [1.29, 1.82) is 0 Å². The quantitative estimate of drug-likeness (QED) is 0.727. The molecular formula is C11H13ClO3. The average molecular weight is 229 g/mol. The molecule has 0 fully saturated rings. The zero-order valence-corrected chi connectivity index (χ0v) is 9.50. The SMILES string of the molecule is CCCOc1c(C=O)cc(Cl)cc1OC. The monoisotopic (exact) mass is 228 g/mol. The Morgan fingerprint density at radius 3 is 2.73 bits per heavy atom. The van der Waals surface area contributed by atoms with E-state index in [1.807, 2.05) is 6.92 Å². The molecule has 0 N–H and O–H groups in total. The molecule has 1 aromatic carbocycles. The molecule has 1 rings (SSSR count). The molecule has 1 aromatic rings. The third kappa shape index (κ3) is 2.86. The van der Waals surface area contributed by atoms with E-state index in [1.54, 1.807) is 12.1 Å². The number of benzene rings is 1. The number of ether oxygens (including phenoxy) is 2. The molecule has 0 heterocycles. The number of hydrogen-bond donors (Lipinski definition) is 0. The van der Waals surface area contributed by atoms with E-state index in [0.29, 0.717) is 35.0 Å².